The van der Waals surface area contributed by atoms with E-state index in [4.69, 9.17) is 0 Å². The maximum atomic E-state index is 10.8. The predicted molar refractivity (Wildman–Crippen MR) is 64.3 cm³/mol. The second kappa shape index (κ2) is 13.4. The molecule has 0 fully saturated rings. The Labute approximate surface area is 94.2 Å². The van der Waals surface area contributed by atoms with Gasteiger partial charge in [0.05, 0.1) is 7.11 Å². The minimum absolute atomic E-state index is 0. The lowest BCUT2D eigenvalue weighted by Crippen LogP contribution is -1.99. The highest BCUT2D eigenvalue weighted by molar-refractivity contribution is 5.68. The zero-order chi connectivity index (χ0) is 10.6. The van der Waals surface area contributed by atoms with Crippen molar-refractivity contribution < 1.29 is 9.53 Å². The number of unbranched alkanes of at least 4 members (excludes halogenated alkanes) is 7. The van der Waals surface area contributed by atoms with E-state index in [0.29, 0.717) is 6.42 Å². The van der Waals surface area contributed by atoms with Crippen molar-refractivity contribution in [2.45, 2.75) is 64.7 Å². The number of hydrogen-bond donors (Lipinski definition) is 1. The molecule has 92 valence electrons. The fourth-order valence-corrected chi connectivity index (χ4v) is 1.51. The van der Waals surface area contributed by atoms with Crippen LogP contribution in [0.15, 0.2) is 0 Å². The lowest BCUT2D eigenvalue weighted by atomic mass is 10.1. The van der Waals surface area contributed by atoms with E-state index in [1.165, 1.54) is 52.1 Å². The third-order valence-electron chi connectivity index (χ3n) is 2.46. The van der Waals surface area contributed by atoms with Crippen molar-refractivity contribution in [3.05, 3.63) is 0 Å². The predicted octanol–water partition coefficient (Wildman–Crippen LogP) is 3.85. The average Bonchev–Trinajstić information content (AvgIpc) is 2.21. The van der Waals surface area contributed by atoms with Crippen LogP contribution in [0.5, 0.6) is 0 Å². The van der Waals surface area contributed by atoms with Crippen LogP contribution >= 0.6 is 0 Å². The molecule has 0 radical (unpaired) electrons. The van der Waals surface area contributed by atoms with Crippen LogP contribution in [0.1, 0.15) is 64.7 Å². The average molecular weight is 217 g/mol. The minimum atomic E-state index is -0.0732. The van der Waals surface area contributed by atoms with Crippen molar-refractivity contribution in [2.24, 2.45) is 0 Å². The Morgan fingerprint density at radius 1 is 0.933 bits per heavy atom. The molecule has 3 N–H and O–H groups in total. The van der Waals surface area contributed by atoms with E-state index in [9.17, 15) is 4.79 Å². The van der Waals surface area contributed by atoms with Crippen LogP contribution in [0.4, 0.5) is 0 Å². The first kappa shape index (κ1) is 16.8. The number of methoxy groups -OCH3 is 1. The Morgan fingerprint density at radius 3 is 1.87 bits per heavy atom. The van der Waals surface area contributed by atoms with E-state index in [0.717, 1.165) is 6.42 Å². The number of esters is 1. The molecule has 0 aliphatic heterocycles. The molecular formula is C12H27NO2. The van der Waals surface area contributed by atoms with Gasteiger partial charge >= 0.3 is 5.97 Å². The van der Waals surface area contributed by atoms with Gasteiger partial charge in [0.25, 0.3) is 0 Å². The summed E-state index contributed by atoms with van der Waals surface area (Å²) < 4.78 is 4.57. The highest BCUT2D eigenvalue weighted by atomic mass is 16.5. The second-order valence-electron chi connectivity index (χ2n) is 3.80. The summed E-state index contributed by atoms with van der Waals surface area (Å²) in [5.41, 5.74) is 0. The van der Waals surface area contributed by atoms with Crippen LogP contribution < -0.4 is 6.15 Å². The molecule has 15 heavy (non-hydrogen) atoms. The number of hydrogen-bond acceptors (Lipinski definition) is 3. The van der Waals surface area contributed by atoms with Crippen molar-refractivity contribution in [1.29, 1.82) is 0 Å². The summed E-state index contributed by atoms with van der Waals surface area (Å²) in [6.07, 6.45) is 10.7. The van der Waals surface area contributed by atoms with Gasteiger partial charge in [-0.2, -0.15) is 0 Å². The van der Waals surface area contributed by atoms with E-state index in [1.54, 1.807) is 0 Å². The van der Waals surface area contributed by atoms with Gasteiger partial charge in [-0.3, -0.25) is 4.79 Å². The van der Waals surface area contributed by atoms with Gasteiger partial charge < -0.3 is 10.9 Å². The minimum Gasteiger partial charge on any atom is -0.469 e. The van der Waals surface area contributed by atoms with Gasteiger partial charge in [-0.15, -0.1) is 0 Å². The summed E-state index contributed by atoms with van der Waals surface area (Å²) in [6.45, 7) is 2.23. The summed E-state index contributed by atoms with van der Waals surface area (Å²) >= 11 is 0. The van der Waals surface area contributed by atoms with Crippen LogP contribution in [-0.2, 0) is 9.53 Å². The highest BCUT2D eigenvalue weighted by Crippen LogP contribution is 2.09. The van der Waals surface area contributed by atoms with Gasteiger partial charge in [-0.05, 0) is 6.42 Å². The van der Waals surface area contributed by atoms with Crippen LogP contribution in [0.25, 0.3) is 0 Å². The Balaban J connectivity index is 0. The first-order valence-electron chi connectivity index (χ1n) is 5.88. The maximum Gasteiger partial charge on any atom is 0.305 e. The largest absolute Gasteiger partial charge is 0.469 e. The Bertz CT molecular complexity index is 138. The normalized spacial score (nSPS) is 9.47. The zero-order valence-corrected chi connectivity index (χ0v) is 10.4. The van der Waals surface area contributed by atoms with Gasteiger partial charge in [-0.1, -0.05) is 51.9 Å². The maximum absolute atomic E-state index is 10.8. The Morgan fingerprint density at radius 2 is 1.40 bits per heavy atom. The van der Waals surface area contributed by atoms with Crippen molar-refractivity contribution >= 4 is 5.97 Å². The molecule has 0 bridgehead atoms. The fourth-order valence-electron chi connectivity index (χ4n) is 1.51. The van der Waals surface area contributed by atoms with Crippen LogP contribution in [0, 0.1) is 0 Å². The molecule has 0 aromatic carbocycles. The third kappa shape index (κ3) is 13.4. The summed E-state index contributed by atoms with van der Waals surface area (Å²) in [7, 11) is 1.45. The Hall–Kier alpha value is -0.570. The van der Waals surface area contributed by atoms with Gasteiger partial charge in [0.2, 0.25) is 0 Å². The molecule has 0 heterocycles. The summed E-state index contributed by atoms with van der Waals surface area (Å²) in [5, 5.41) is 0. The van der Waals surface area contributed by atoms with Gasteiger partial charge in [-0.25, -0.2) is 0 Å². The van der Waals surface area contributed by atoms with Crippen LogP contribution in [0.2, 0.25) is 0 Å². The Kier molecular flexibility index (Phi) is 15.1. The molecule has 3 heteroatoms. The fraction of sp³-hybridized carbons (Fsp3) is 0.917. The van der Waals surface area contributed by atoms with Crippen molar-refractivity contribution in [3.8, 4) is 0 Å². The zero-order valence-electron chi connectivity index (χ0n) is 10.4. The number of ether oxygens (including phenoxy) is 1. The topological polar surface area (TPSA) is 61.3 Å². The highest BCUT2D eigenvalue weighted by Gasteiger charge is 1.98. The summed E-state index contributed by atoms with van der Waals surface area (Å²) in [5.74, 6) is -0.0732. The van der Waals surface area contributed by atoms with Gasteiger partial charge in [0.1, 0.15) is 0 Å². The van der Waals surface area contributed by atoms with E-state index in [2.05, 4.69) is 11.7 Å². The molecular weight excluding hydrogens is 190 g/mol. The smallest absolute Gasteiger partial charge is 0.305 e. The molecule has 0 unspecified atom stereocenters. The molecule has 0 aromatic rings. The van der Waals surface area contributed by atoms with Gasteiger partial charge in [0, 0.05) is 6.42 Å². The van der Waals surface area contributed by atoms with Crippen LogP contribution in [0.3, 0.4) is 0 Å². The molecule has 0 aliphatic carbocycles. The molecule has 0 saturated carbocycles. The van der Waals surface area contributed by atoms with E-state index >= 15 is 0 Å². The molecule has 0 spiro atoms. The molecule has 0 amide bonds. The molecule has 0 aromatic heterocycles. The molecule has 0 aliphatic rings. The lowest BCUT2D eigenvalue weighted by Gasteiger charge is -2.00. The molecule has 0 atom stereocenters. The lowest BCUT2D eigenvalue weighted by molar-refractivity contribution is -0.140. The van der Waals surface area contributed by atoms with Gasteiger partial charge in [0.15, 0.2) is 0 Å². The van der Waals surface area contributed by atoms with E-state index in [1.807, 2.05) is 0 Å². The third-order valence-corrected chi connectivity index (χ3v) is 2.46. The first-order chi connectivity index (χ1) is 6.81. The molecule has 0 saturated heterocycles. The van der Waals surface area contributed by atoms with Crippen molar-refractivity contribution in [2.75, 3.05) is 7.11 Å². The summed E-state index contributed by atoms with van der Waals surface area (Å²) in [4.78, 5) is 10.8. The SMILES string of the molecule is CCCCCCCCCCC(=O)OC.N. The monoisotopic (exact) mass is 217 g/mol. The van der Waals surface area contributed by atoms with Crippen molar-refractivity contribution in [1.82, 2.24) is 6.15 Å². The number of carbonyl (C=O) groups excluding carboxylic acids is 1. The molecule has 0 rings (SSSR count). The number of rotatable bonds is 9. The van der Waals surface area contributed by atoms with E-state index in [-0.39, 0.29) is 12.1 Å². The number of carbonyl (C=O) groups is 1. The standard InChI is InChI=1S/C12H24O2.H3N/c1-3-4-5-6-7-8-9-10-11-12(13)14-2;/h3-11H2,1-2H3;1H3. The first-order valence-corrected chi connectivity index (χ1v) is 5.88. The molecule has 3 nitrogen and oxygen atoms in total. The van der Waals surface area contributed by atoms with Crippen LogP contribution in [-0.4, -0.2) is 13.1 Å². The second-order valence-corrected chi connectivity index (χ2v) is 3.80. The van der Waals surface area contributed by atoms with E-state index < -0.39 is 0 Å². The van der Waals surface area contributed by atoms with Crippen molar-refractivity contribution in [3.63, 3.8) is 0 Å². The quantitative estimate of drug-likeness (QED) is 0.471. The summed E-state index contributed by atoms with van der Waals surface area (Å²) in [6, 6.07) is 0.